The maximum absolute atomic E-state index is 13.5. The lowest BCUT2D eigenvalue weighted by Crippen LogP contribution is -2.49. The van der Waals surface area contributed by atoms with Crippen molar-refractivity contribution in [3.63, 3.8) is 0 Å². The van der Waals surface area contributed by atoms with Gasteiger partial charge in [0.1, 0.15) is 11.6 Å². The normalized spacial score (nSPS) is 21.7. The molecular weight excluding hydrogens is 445 g/mol. The summed E-state index contributed by atoms with van der Waals surface area (Å²) in [6, 6.07) is 14.4. The van der Waals surface area contributed by atoms with Crippen LogP contribution in [0.4, 0.5) is 4.39 Å². The first-order chi connectivity index (χ1) is 17.0. The van der Waals surface area contributed by atoms with E-state index in [0.717, 1.165) is 75.4 Å². The molecule has 3 aliphatic rings. The smallest absolute Gasteiger partial charge is 0.226 e. The van der Waals surface area contributed by atoms with E-state index in [1.165, 1.54) is 6.07 Å². The molecule has 0 radical (unpaired) electrons. The number of benzene rings is 2. The zero-order valence-electron chi connectivity index (χ0n) is 20.4. The van der Waals surface area contributed by atoms with Crippen LogP contribution in [-0.4, -0.2) is 72.9 Å². The number of carbonyl (C=O) groups is 2. The molecular formula is C28H34FN3O3. The van der Waals surface area contributed by atoms with E-state index in [9.17, 15) is 14.0 Å². The number of hydrogen-bond acceptors (Lipinski definition) is 4. The molecule has 2 heterocycles. The van der Waals surface area contributed by atoms with Gasteiger partial charge < -0.3 is 14.5 Å². The van der Waals surface area contributed by atoms with E-state index in [0.29, 0.717) is 13.0 Å². The fraction of sp³-hybridized carbons (Fsp3) is 0.500. The van der Waals surface area contributed by atoms with Gasteiger partial charge >= 0.3 is 0 Å². The summed E-state index contributed by atoms with van der Waals surface area (Å²) in [7, 11) is 1.63. The van der Waals surface area contributed by atoms with Crippen molar-refractivity contribution >= 4 is 11.8 Å². The Labute approximate surface area is 206 Å². The maximum atomic E-state index is 13.5. The second kappa shape index (κ2) is 9.97. The quantitative estimate of drug-likeness (QED) is 0.638. The SMILES string of the molecule is COc1cccc(CC(=O)N2CCC3(CC2)C[C@@H]3C(=O)N2CCN(Cc3cccc(F)c3)CC2)c1. The monoisotopic (exact) mass is 479 g/mol. The number of amides is 2. The summed E-state index contributed by atoms with van der Waals surface area (Å²) < 4.78 is 18.7. The Balaban J connectivity index is 1.07. The maximum Gasteiger partial charge on any atom is 0.226 e. The molecule has 2 saturated heterocycles. The fourth-order valence-electron chi connectivity index (χ4n) is 5.76. The van der Waals surface area contributed by atoms with Gasteiger partial charge in [0.15, 0.2) is 0 Å². The lowest BCUT2D eigenvalue weighted by molar-refractivity contribution is -0.136. The molecule has 0 aromatic heterocycles. The summed E-state index contributed by atoms with van der Waals surface area (Å²) in [6.45, 7) is 5.26. The molecule has 5 rings (SSSR count). The minimum absolute atomic E-state index is 0.0858. The lowest BCUT2D eigenvalue weighted by Gasteiger charge is -2.36. The molecule has 1 aliphatic carbocycles. The molecule has 0 N–H and O–H groups in total. The number of rotatable bonds is 6. The van der Waals surface area contributed by atoms with E-state index in [-0.39, 0.29) is 29.0 Å². The topological polar surface area (TPSA) is 53.1 Å². The van der Waals surface area contributed by atoms with Crippen LogP contribution in [0.25, 0.3) is 0 Å². The molecule has 186 valence electrons. The van der Waals surface area contributed by atoms with Crippen molar-refractivity contribution in [2.45, 2.75) is 32.2 Å². The fourth-order valence-corrected chi connectivity index (χ4v) is 5.76. The molecule has 2 aromatic carbocycles. The van der Waals surface area contributed by atoms with Gasteiger partial charge in [-0.25, -0.2) is 4.39 Å². The summed E-state index contributed by atoms with van der Waals surface area (Å²) in [5.41, 5.74) is 2.02. The van der Waals surface area contributed by atoms with Crippen LogP contribution in [0, 0.1) is 17.2 Å². The molecule has 35 heavy (non-hydrogen) atoms. The van der Waals surface area contributed by atoms with Crippen molar-refractivity contribution < 1.29 is 18.7 Å². The number of hydrogen-bond donors (Lipinski definition) is 0. The Kier molecular flexibility index (Phi) is 6.78. The summed E-state index contributed by atoms with van der Waals surface area (Å²) in [5.74, 6) is 1.09. The molecule has 3 fully saturated rings. The van der Waals surface area contributed by atoms with Crippen LogP contribution in [0.2, 0.25) is 0 Å². The molecule has 0 unspecified atom stereocenters. The third-order valence-corrected chi connectivity index (χ3v) is 8.07. The first kappa shape index (κ1) is 23.8. The first-order valence-electron chi connectivity index (χ1n) is 12.6. The van der Waals surface area contributed by atoms with Crippen LogP contribution in [0.3, 0.4) is 0 Å². The number of piperidine rings is 1. The number of nitrogens with zero attached hydrogens (tertiary/aromatic N) is 3. The molecule has 2 aromatic rings. The van der Waals surface area contributed by atoms with Crippen molar-refractivity contribution in [3.05, 3.63) is 65.5 Å². The number of carbonyl (C=O) groups excluding carboxylic acids is 2. The number of piperazine rings is 1. The third kappa shape index (κ3) is 5.35. The Morgan fingerprint density at radius 2 is 1.66 bits per heavy atom. The summed E-state index contributed by atoms with van der Waals surface area (Å²) in [6.07, 6.45) is 3.15. The van der Waals surface area contributed by atoms with Gasteiger partial charge in [-0.15, -0.1) is 0 Å². The first-order valence-corrected chi connectivity index (χ1v) is 12.6. The second-order valence-corrected chi connectivity index (χ2v) is 10.3. The van der Waals surface area contributed by atoms with Gasteiger partial charge in [0.05, 0.1) is 13.5 Å². The average molecular weight is 480 g/mol. The van der Waals surface area contributed by atoms with Crippen molar-refractivity contribution in [3.8, 4) is 5.75 Å². The van der Waals surface area contributed by atoms with Gasteiger partial charge in [-0.2, -0.15) is 0 Å². The van der Waals surface area contributed by atoms with Gasteiger partial charge in [-0.05, 0) is 60.1 Å². The molecule has 7 heteroatoms. The van der Waals surface area contributed by atoms with Gasteiger partial charge in [-0.3, -0.25) is 14.5 Å². The zero-order valence-corrected chi connectivity index (χ0v) is 20.4. The van der Waals surface area contributed by atoms with Gasteiger partial charge in [0.25, 0.3) is 0 Å². The summed E-state index contributed by atoms with van der Waals surface area (Å²) in [4.78, 5) is 32.3. The number of methoxy groups -OCH3 is 1. The van der Waals surface area contributed by atoms with Crippen molar-refractivity contribution in [1.29, 1.82) is 0 Å². The Morgan fingerprint density at radius 1 is 0.943 bits per heavy atom. The van der Waals surface area contributed by atoms with E-state index in [4.69, 9.17) is 4.74 Å². The highest BCUT2D eigenvalue weighted by molar-refractivity contribution is 5.83. The van der Waals surface area contributed by atoms with Crippen LogP contribution < -0.4 is 4.74 Å². The van der Waals surface area contributed by atoms with Crippen LogP contribution in [-0.2, 0) is 22.6 Å². The minimum atomic E-state index is -0.205. The molecule has 2 aliphatic heterocycles. The summed E-state index contributed by atoms with van der Waals surface area (Å²) in [5, 5.41) is 0. The van der Waals surface area contributed by atoms with Crippen LogP contribution in [0.1, 0.15) is 30.4 Å². The molecule has 6 nitrogen and oxygen atoms in total. The molecule has 0 bridgehead atoms. The van der Waals surface area contributed by atoms with Gasteiger partial charge in [0, 0.05) is 51.7 Å². The zero-order chi connectivity index (χ0) is 24.4. The van der Waals surface area contributed by atoms with E-state index >= 15 is 0 Å². The molecule has 2 amide bonds. The van der Waals surface area contributed by atoms with Gasteiger partial charge in [0.2, 0.25) is 11.8 Å². The van der Waals surface area contributed by atoms with Crippen molar-refractivity contribution in [1.82, 2.24) is 14.7 Å². The number of likely N-dealkylation sites (tertiary alicyclic amines) is 1. The molecule has 1 spiro atoms. The van der Waals surface area contributed by atoms with E-state index in [1.54, 1.807) is 19.2 Å². The van der Waals surface area contributed by atoms with Crippen LogP contribution >= 0.6 is 0 Å². The van der Waals surface area contributed by atoms with Gasteiger partial charge in [-0.1, -0.05) is 24.3 Å². The highest BCUT2D eigenvalue weighted by Gasteiger charge is 2.59. The standard InChI is InChI=1S/C28H34FN3O3/c1-35-24-7-3-4-21(17-24)18-26(33)31-10-8-28(9-11-31)19-25(28)27(34)32-14-12-30(13-15-32)20-22-5-2-6-23(29)16-22/h2-7,16-17,25H,8-15,18-20H2,1H3/t25-/m1/s1. The second-order valence-electron chi connectivity index (χ2n) is 10.3. The average Bonchev–Trinajstić information content (AvgIpc) is 3.57. The van der Waals surface area contributed by atoms with Crippen LogP contribution in [0.15, 0.2) is 48.5 Å². The third-order valence-electron chi connectivity index (χ3n) is 8.07. The van der Waals surface area contributed by atoms with Crippen molar-refractivity contribution in [2.24, 2.45) is 11.3 Å². The highest BCUT2D eigenvalue weighted by atomic mass is 19.1. The minimum Gasteiger partial charge on any atom is -0.497 e. The highest BCUT2D eigenvalue weighted by Crippen LogP contribution is 2.60. The molecule has 1 atom stereocenters. The lowest BCUT2D eigenvalue weighted by atomic mass is 9.90. The summed E-state index contributed by atoms with van der Waals surface area (Å²) >= 11 is 0. The van der Waals surface area contributed by atoms with E-state index in [2.05, 4.69) is 4.90 Å². The van der Waals surface area contributed by atoms with Crippen LogP contribution in [0.5, 0.6) is 5.75 Å². The predicted molar refractivity (Wildman–Crippen MR) is 131 cm³/mol. The Morgan fingerprint density at radius 3 is 2.37 bits per heavy atom. The van der Waals surface area contributed by atoms with E-state index < -0.39 is 0 Å². The van der Waals surface area contributed by atoms with Crippen molar-refractivity contribution in [2.75, 3.05) is 46.4 Å². The Hall–Kier alpha value is -2.93. The van der Waals surface area contributed by atoms with E-state index in [1.807, 2.05) is 40.1 Å². The molecule has 1 saturated carbocycles. The number of halogens is 1. The predicted octanol–water partition coefficient (Wildman–Crippen LogP) is 3.35. The largest absolute Gasteiger partial charge is 0.497 e. The Bertz CT molecular complexity index is 1070. The number of ether oxygens (including phenoxy) is 1.